The number of likely N-dealkylation sites (tertiary alicyclic amines) is 1. The Hall–Kier alpha value is -1.10. The van der Waals surface area contributed by atoms with Crippen molar-refractivity contribution in [2.24, 2.45) is 0 Å². The summed E-state index contributed by atoms with van der Waals surface area (Å²) in [4.78, 5) is 23.2. The monoisotopic (exact) mass is 229 g/mol. The van der Waals surface area contributed by atoms with Gasteiger partial charge < -0.3 is 15.1 Å². The predicted octanol–water partition coefficient (Wildman–Crippen LogP) is 0.615. The van der Waals surface area contributed by atoms with Crippen LogP contribution in [0.15, 0.2) is 0 Å². The molecule has 1 amide bonds. The molecule has 1 rings (SSSR count). The Kier molecular flexibility index (Phi) is 5.25. The van der Waals surface area contributed by atoms with E-state index in [0.717, 1.165) is 19.3 Å². The normalized spacial score (nSPS) is 20.4. The van der Waals surface area contributed by atoms with Crippen molar-refractivity contribution in [2.45, 2.75) is 44.6 Å². The van der Waals surface area contributed by atoms with E-state index in [4.69, 9.17) is 5.11 Å². The highest BCUT2D eigenvalue weighted by atomic mass is 16.4. The predicted molar refractivity (Wildman–Crippen MR) is 57.9 cm³/mol. The summed E-state index contributed by atoms with van der Waals surface area (Å²) in [5, 5.41) is 17.7. The number of carboxylic acid groups (broad SMARTS) is 1. The van der Waals surface area contributed by atoms with Crippen molar-refractivity contribution in [3.05, 3.63) is 0 Å². The molecule has 1 heterocycles. The molecule has 1 fully saturated rings. The third-order valence-electron chi connectivity index (χ3n) is 2.76. The number of nitrogens with zero attached hydrogens (tertiary/aromatic N) is 1. The molecule has 92 valence electrons. The van der Waals surface area contributed by atoms with Gasteiger partial charge in [-0.2, -0.15) is 0 Å². The van der Waals surface area contributed by atoms with Crippen molar-refractivity contribution in [3.8, 4) is 0 Å². The number of rotatable bonds is 7. The van der Waals surface area contributed by atoms with E-state index in [9.17, 15) is 14.7 Å². The highest BCUT2D eigenvalue weighted by Crippen LogP contribution is 2.12. The Morgan fingerprint density at radius 3 is 2.56 bits per heavy atom. The highest BCUT2D eigenvalue weighted by molar-refractivity contribution is 5.78. The minimum atomic E-state index is -0.752. The van der Waals surface area contributed by atoms with Gasteiger partial charge in [0, 0.05) is 19.5 Å². The summed E-state index contributed by atoms with van der Waals surface area (Å²) in [5.41, 5.74) is 0. The largest absolute Gasteiger partial charge is 0.481 e. The number of aliphatic hydroxyl groups is 1. The van der Waals surface area contributed by atoms with E-state index in [1.165, 1.54) is 0 Å². The van der Waals surface area contributed by atoms with Crippen LogP contribution in [0.25, 0.3) is 0 Å². The fraction of sp³-hybridized carbons (Fsp3) is 0.818. The molecule has 5 heteroatoms. The second kappa shape index (κ2) is 6.48. The van der Waals surface area contributed by atoms with E-state index in [-0.39, 0.29) is 18.7 Å². The standard InChI is InChI=1S/C11H19NO4/c13-9-7-10(14)12(8-9)6-4-2-1-3-5-11(15)16/h9,13H,1-8H2,(H,15,16). The van der Waals surface area contributed by atoms with Crippen molar-refractivity contribution in [1.29, 1.82) is 0 Å². The van der Waals surface area contributed by atoms with Crippen molar-refractivity contribution in [1.82, 2.24) is 4.90 Å². The van der Waals surface area contributed by atoms with Crippen molar-refractivity contribution in [2.75, 3.05) is 13.1 Å². The smallest absolute Gasteiger partial charge is 0.303 e. The minimum Gasteiger partial charge on any atom is -0.481 e. The lowest BCUT2D eigenvalue weighted by atomic mass is 10.1. The van der Waals surface area contributed by atoms with Crippen LogP contribution in [0, 0.1) is 0 Å². The summed E-state index contributed by atoms with van der Waals surface area (Å²) in [6, 6.07) is 0. The lowest BCUT2D eigenvalue weighted by molar-refractivity contribution is -0.137. The molecule has 1 aliphatic heterocycles. The van der Waals surface area contributed by atoms with E-state index in [2.05, 4.69) is 0 Å². The summed E-state index contributed by atoms with van der Waals surface area (Å²) < 4.78 is 0. The molecule has 0 aromatic carbocycles. The first kappa shape index (κ1) is 13.0. The van der Waals surface area contributed by atoms with Gasteiger partial charge in [-0.1, -0.05) is 12.8 Å². The van der Waals surface area contributed by atoms with E-state index in [1.54, 1.807) is 4.90 Å². The van der Waals surface area contributed by atoms with Gasteiger partial charge in [-0.05, 0) is 12.8 Å². The molecule has 5 nitrogen and oxygen atoms in total. The third-order valence-corrected chi connectivity index (χ3v) is 2.76. The molecule has 0 bridgehead atoms. The molecule has 0 aromatic heterocycles. The number of amides is 1. The lowest BCUT2D eigenvalue weighted by Gasteiger charge is -2.15. The number of aliphatic hydroxyl groups excluding tert-OH is 1. The number of carbonyl (C=O) groups excluding carboxylic acids is 1. The molecule has 1 atom stereocenters. The van der Waals surface area contributed by atoms with Crippen LogP contribution < -0.4 is 0 Å². The average Bonchev–Trinajstić information content (AvgIpc) is 2.50. The SMILES string of the molecule is O=C(O)CCCCCCN1CC(O)CC1=O. The Morgan fingerprint density at radius 1 is 1.31 bits per heavy atom. The Labute approximate surface area is 95.1 Å². The molecular formula is C11H19NO4. The van der Waals surface area contributed by atoms with Gasteiger partial charge in [0.05, 0.1) is 12.5 Å². The quantitative estimate of drug-likeness (QED) is 0.627. The number of unbranched alkanes of at least 4 members (excludes halogenated alkanes) is 3. The van der Waals surface area contributed by atoms with Gasteiger partial charge in [0.15, 0.2) is 0 Å². The van der Waals surface area contributed by atoms with Crippen LogP contribution in [0.1, 0.15) is 38.5 Å². The summed E-state index contributed by atoms with van der Waals surface area (Å²) in [6.45, 7) is 1.14. The molecule has 0 spiro atoms. The number of hydrogen-bond acceptors (Lipinski definition) is 3. The summed E-state index contributed by atoms with van der Waals surface area (Å²) in [7, 11) is 0. The zero-order valence-electron chi connectivity index (χ0n) is 9.39. The van der Waals surface area contributed by atoms with Crippen LogP contribution in [-0.4, -0.2) is 46.2 Å². The molecular weight excluding hydrogens is 210 g/mol. The van der Waals surface area contributed by atoms with Crippen LogP contribution >= 0.6 is 0 Å². The molecule has 16 heavy (non-hydrogen) atoms. The van der Waals surface area contributed by atoms with Crippen molar-refractivity contribution < 1.29 is 19.8 Å². The van der Waals surface area contributed by atoms with E-state index >= 15 is 0 Å². The van der Waals surface area contributed by atoms with Crippen LogP contribution in [-0.2, 0) is 9.59 Å². The third kappa shape index (κ3) is 4.61. The fourth-order valence-electron chi connectivity index (χ4n) is 1.90. The van der Waals surface area contributed by atoms with Crippen molar-refractivity contribution >= 4 is 11.9 Å². The van der Waals surface area contributed by atoms with Crippen LogP contribution in [0.5, 0.6) is 0 Å². The maximum atomic E-state index is 11.3. The van der Waals surface area contributed by atoms with E-state index < -0.39 is 12.1 Å². The van der Waals surface area contributed by atoms with Gasteiger partial charge in [-0.15, -0.1) is 0 Å². The number of carboxylic acids is 1. The molecule has 0 saturated carbocycles. The Bertz CT molecular complexity index is 254. The Balaban J connectivity index is 1.99. The first-order chi connectivity index (χ1) is 7.59. The zero-order chi connectivity index (χ0) is 12.0. The van der Waals surface area contributed by atoms with E-state index in [1.807, 2.05) is 0 Å². The Morgan fingerprint density at radius 2 is 2.00 bits per heavy atom. The summed E-state index contributed by atoms with van der Waals surface area (Å²) in [6.07, 6.45) is 3.38. The van der Waals surface area contributed by atoms with Crippen LogP contribution in [0.2, 0.25) is 0 Å². The minimum absolute atomic E-state index is 0.0260. The van der Waals surface area contributed by atoms with E-state index in [0.29, 0.717) is 19.5 Å². The molecule has 0 aliphatic carbocycles. The van der Waals surface area contributed by atoms with Gasteiger partial charge in [0.2, 0.25) is 5.91 Å². The fourth-order valence-corrected chi connectivity index (χ4v) is 1.90. The number of β-amino-alcohol motifs (C(OH)–C–C–N with tert-alkyl or cyclic N) is 1. The van der Waals surface area contributed by atoms with Crippen LogP contribution in [0.3, 0.4) is 0 Å². The number of hydrogen-bond donors (Lipinski definition) is 2. The molecule has 1 unspecified atom stereocenters. The van der Waals surface area contributed by atoms with Gasteiger partial charge in [0.1, 0.15) is 0 Å². The van der Waals surface area contributed by atoms with Gasteiger partial charge in [-0.25, -0.2) is 0 Å². The second-order valence-corrected chi connectivity index (χ2v) is 4.26. The zero-order valence-corrected chi connectivity index (χ0v) is 9.39. The van der Waals surface area contributed by atoms with Gasteiger partial charge >= 0.3 is 5.97 Å². The second-order valence-electron chi connectivity index (χ2n) is 4.26. The molecule has 0 aromatic rings. The number of aliphatic carboxylic acids is 1. The molecule has 0 radical (unpaired) electrons. The van der Waals surface area contributed by atoms with Crippen LogP contribution in [0.4, 0.5) is 0 Å². The van der Waals surface area contributed by atoms with Crippen molar-refractivity contribution in [3.63, 3.8) is 0 Å². The highest BCUT2D eigenvalue weighted by Gasteiger charge is 2.26. The maximum absolute atomic E-state index is 11.3. The first-order valence-corrected chi connectivity index (χ1v) is 5.77. The summed E-state index contributed by atoms with van der Waals surface area (Å²) in [5.74, 6) is -0.726. The maximum Gasteiger partial charge on any atom is 0.303 e. The molecule has 2 N–H and O–H groups in total. The summed E-state index contributed by atoms with van der Waals surface area (Å²) >= 11 is 0. The van der Waals surface area contributed by atoms with Gasteiger partial charge in [0.25, 0.3) is 0 Å². The topological polar surface area (TPSA) is 77.8 Å². The molecule has 1 aliphatic rings. The average molecular weight is 229 g/mol. The van der Waals surface area contributed by atoms with Gasteiger partial charge in [-0.3, -0.25) is 9.59 Å². The number of carbonyl (C=O) groups is 2. The molecule has 1 saturated heterocycles. The first-order valence-electron chi connectivity index (χ1n) is 5.77. The lowest BCUT2D eigenvalue weighted by Crippen LogP contribution is -2.26.